The van der Waals surface area contributed by atoms with E-state index in [9.17, 15) is 9.59 Å². The third-order valence-corrected chi connectivity index (χ3v) is 0.824. The molecule has 4 nitrogen and oxygen atoms in total. The molecular weight excluding hydrogens is 184 g/mol. The largest absolute Gasteiger partial charge is 0.512 e. The standard InChI is InChI=1S/2C5H8O2/c2*1-4(6)3-5(2)7/h2*3,6H,1-2H3. The zero-order valence-corrected chi connectivity index (χ0v) is 8.87. The summed E-state index contributed by atoms with van der Waals surface area (Å²) in [5.74, 6) is -0.125. The van der Waals surface area contributed by atoms with Crippen LogP contribution in [0.4, 0.5) is 0 Å². The lowest BCUT2D eigenvalue weighted by atomic mass is 10.4. The molecule has 0 atom stereocenters. The van der Waals surface area contributed by atoms with Gasteiger partial charge in [0.2, 0.25) is 0 Å². The molecule has 0 bridgehead atoms. The summed E-state index contributed by atoms with van der Waals surface area (Å²) in [6.07, 6.45) is 2.33. The Hall–Kier alpha value is -1.58. The zero-order chi connectivity index (χ0) is 11.7. The van der Waals surface area contributed by atoms with Crippen molar-refractivity contribution < 1.29 is 19.8 Å². The molecule has 0 aromatic heterocycles. The lowest BCUT2D eigenvalue weighted by Gasteiger charge is -1.80. The van der Waals surface area contributed by atoms with Crippen LogP contribution in [0, 0.1) is 0 Å². The molecule has 0 saturated heterocycles. The van der Waals surface area contributed by atoms with Crippen molar-refractivity contribution in [1.82, 2.24) is 0 Å². The predicted octanol–water partition coefficient (Wildman–Crippen LogP) is 2.07. The van der Waals surface area contributed by atoms with E-state index in [1.165, 1.54) is 39.8 Å². The Balaban J connectivity index is 0. The van der Waals surface area contributed by atoms with Gasteiger partial charge in [-0.1, -0.05) is 0 Å². The topological polar surface area (TPSA) is 74.6 Å². The van der Waals surface area contributed by atoms with Crippen LogP contribution in [0.2, 0.25) is 0 Å². The lowest BCUT2D eigenvalue weighted by molar-refractivity contribution is -0.113. The molecule has 4 heteroatoms. The average Bonchev–Trinajstić information content (AvgIpc) is 1.79. The molecule has 0 spiro atoms. The van der Waals surface area contributed by atoms with E-state index in [2.05, 4.69) is 0 Å². The first-order chi connectivity index (χ1) is 6.25. The molecular formula is C10H16O4. The van der Waals surface area contributed by atoms with E-state index in [-0.39, 0.29) is 23.1 Å². The number of rotatable bonds is 2. The van der Waals surface area contributed by atoms with Gasteiger partial charge in [0.1, 0.15) is 0 Å². The van der Waals surface area contributed by atoms with Crippen molar-refractivity contribution in [3.05, 3.63) is 23.7 Å². The van der Waals surface area contributed by atoms with E-state index in [1.54, 1.807) is 0 Å². The normalized spacial score (nSPS) is 11.4. The summed E-state index contributed by atoms with van der Waals surface area (Å²) >= 11 is 0. The van der Waals surface area contributed by atoms with Crippen molar-refractivity contribution >= 4 is 11.6 Å². The molecule has 0 amide bonds. The number of aliphatic hydroxyl groups is 2. The van der Waals surface area contributed by atoms with Crippen molar-refractivity contribution in [2.75, 3.05) is 0 Å². The highest BCUT2D eigenvalue weighted by molar-refractivity contribution is 5.87. The van der Waals surface area contributed by atoms with Crippen molar-refractivity contribution in [2.45, 2.75) is 27.7 Å². The summed E-state index contributed by atoms with van der Waals surface area (Å²) in [5, 5.41) is 16.7. The van der Waals surface area contributed by atoms with Gasteiger partial charge in [0.05, 0.1) is 11.5 Å². The second kappa shape index (κ2) is 8.04. The molecule has 0 aliphatic rings. The van der Waals surface area contributed by atoms with Crippen molar-refractivity contribution in [3.8, 4) is 0 Å². The highest BCUT2D eigenvalue weighted by Gasteiger charge is 1.83. The second-order valence-electron chi connectivity index (χ2n) is 2.79. The van der Waals surface area contributed by atoms with Gasteiger partial charge < -0.3 is 10.2 Å². The monoisotopic (exact) mass is 200 g/mol. The van der Waals surface area contributed by atoms with Gasteiger partial charge in [-0.05, 0) is 27.7 Å². The molecule has 0 aliphatic carbocycles. The maximum Gasteiger partial charge on any atom is 0.155 e. The van der Waals surface area contributed by atoms with Crippen molar-refractivity contribution in [1.29, 1.82) is 0 Å². The van der Waals surface area contributed by atoms with Crippen LogP contribution in [0.5, 0.6) is 0 Å². The number of carbonyl (C=O) groups is 2. The number of aliphatic hydroxyl groups excluding tert-OH is 2. The van der Waals surface area contributed by atoms with Gasteiger partial charge in [-0.15, -0.1) is 0 Å². The fourth-order valence-corrected chi connectivity index (χ4v) is 0.588. The van der Waals surface area contributed by atoms with Crippen LogP contribution in [-0.2, 0) is 9.59 Å². The molecule has 0 aromatic rings. The zero-order valence-electron chi connectivity index (χ0n) is 8.87. The van der Waals surface area contributed by atoms with E-state index in [1.807, 2.05) is 0 Å². The van der Waals surface area contributed by atoms with E-state index < -0.39 is 0 Å². The molecule has 0 unspecified atom stereocenters. The number of carbonyl (C=O) groups excluding carboxylic acids is 2. The average molecular weight is 200 g/mol. The summed E-state index contributed by atoms with van der Waals surface area (Å²) in [6.45, 7) is 5.70. The van der Waals surface area contributed by atoms with E-state index in [0.29, 0.717) is 0 Å². The van der Waals surface area contributed by atoms with Gasteiger partial charge >= 0.3 is 0 Å². The van der Waals surface area contributed by atoms with Crippen LogP contribution in [-0.4, -0.2) is 21.8 Å². The van der Waals surface area contributed by atoms with Gasteiger partial charge in [-0.2, -0.15) is 0 Å². The lowest BCUT2D eigenvalue weighted by Crippen LogP contribution is -1.82. The maximum absolute atomic E-state index is 10.0. The Labute approximate surface area is 83.6 Å². The Morgan fingerprint density at radius 2 is 1.00 bits per heavy atom. The number of allylic oxidation sites excluding steroid dienone is 4. The number of hydrogen-bond donors (Lipinski definition) is 2. The van der Waals surface area contributed by atoms with Gasteiger partial charge in [0.25, 0.3) is 0 Å². The van der Waals surface area contributed by atoms with Gasteiger partial charge in [-0.25, -0.2) is 0 Å². The molecule has 0 aromatic carbocycles. The summed E-state index contributed by atoms with van der Waals surface area (Å²) in [5.41, 5.74) is 0. The molecule has 14 heavy (non-hydrogen) atoms. The molecule has 0 fully saturated rings. The summed E-state index contributed by atoms with van der Waals surface area (Å²) in [6, 6.07) is 0. The molecule has 0 heterocycles. The van der Waals surface area contributed by atoms with Gasteiger partial charge in [0.15, 0.2) is 11.6 Å². The summed E-state index contributed by atoms with van der Waals surface area (Å²) in [7, 11) is 0. The highest BCUT2D eigenvalue weighted by atomic mass is 16.3. The quantitative estimate of drug-likeness (QED) is 0.528. The first-order valence-electron chi connectivity index (χ1n) is 4.01. The Morgan fingerprint density at radius 1 is 0.786 bits per heavy atom. The van der Waals surface area contributed by atoms with Crippen LogP contribution >= 0.6 is 0 Å². The number of ketones is 2. The maximum atomic E-state index is 10.0. The van der Waals surface area contributed by atoms with Crippen LogP contribution in [0.3, 0.4) is 0 Å². The van der Waals surface area contributed by atoms with Crippen LogP contribution in [0.15, 0.2) is 23.7 Å². The Morgan fingerprint density at radius 3 is 1.00 bits per heavy atom. The summed E-state index contributed by atoms with van der Waals surface area (Å²) in [4.78, 5) is 20.0. The van der Waals surface area contributed by atoms with Gasteiger partial charge in [0, 0.05) is 12.2 Å². The van der Waals surface area contributed by atoms with E-state index >= 15 is 0 Å². The van der Waals surface area contributed by atoms with Crippen LogP contribution in [0.25, 0.3) is 0 Å². The minimum Gasteiger partial charge on any atom is -0.512 e. The van der Waals surface area contributed by atoms with Crippen molar-refractivity contribution in [3.63, 3.8) is 0 Å². The minimum absolute atomic E-state index is 0.0625. The second-order valence-corrected chi connectivity index (χ2v) is 2.79. The fourth-order valence-electron chi connectivity index (χ4n) is 0.588. The van der Waals surface area contributed by atoms with Gasteiger partial charge in [-0.3, -0.25) is 9.59 Å². The Kier molecular flexibility index (Phi) is 8.57. The first-order valence-corrected chi connectivity index (χ1v) is 4.01. The predicted molar refractivity (Wildman–Crippen MR) is 54.1 cm³/mol. The molecule has 80 valence electrons. The number of hydrogen-bond acceptors (Lipinski definition) is 4. The van der Waals surface area contributed by atoms with Crippen LogP contribution in [0.1, 0.15) is 27.7 Å². The highest BCUT2D eigenvalue weighted by Crippen LogP contribution is 1.82. The molecule has 0 saturated carbocycles. The fraction of sp³-hybridized carbons (Fsp3) is 0.400. The first kappa shape index (κ1) is 14.9. The third-order valence-electron chi connectivity index (χ3n) is 0.824. The molecule has 0 radical (unpaired) electrons. The van der Waals surface area contributed by atoms with E-state index in [4.69, 9.17) is 10.2 Å². The third kappa shape index (κ3) is 22.4. The Bertz CT molecular complexity index is 225. The minimum atomic E-state index is -0.125. The van der Waals surface area contributed by atoms with Crippen LogP contribution < -0.4 is 0 Å². The van der Waals surface area contributed by atoms with Crippen molar-refractivity contribution in [2.24, 2.45) is 0 Å². The summed E-state index contributed by atoms with van der Waals surface area (Å²) < 4.78 is 0. The smallest absolute Gasteiger partial charge is 0.155 e. The molecule has 0 rings (SSSR count). The SMILES string of the molecule is CC(=O)C=C(C)O.CC(=O)C=C(C)O. The molecule has 2 N–H and O–H groups in total. The van der Waals surface area contributed by atoms with E-state index in [0.717, 1.165) is 0 Å². The molecule has 0 aliphatic heterocycles.